The van der Waals surface area contributed by atoms with Crippen molar-refractivity contribution >= 4 is 11.9 Å². The van der Waals surface area contributed by atoms with E-state index >= 15 is 0 Å². The first kappa shape index (κ1) is 15.4. The Bertz CT molecular complexity index is 515. The molecule has 2 rings (SSSR count). The van der Waals surface area contributed by atoms with E-state index in [-0.39, 0.29) is 24.3 Å². The summed E-state index contributed by atoms with van der Waals surface area (Å²) in [4.78, 5) is 26.0. The Hall–Kier alpha value is -2.04. The first-order chi connectivity index (χ1) is 10.2. The summed E-state index contributed by atoms with van der Waals surface area (Å²) in [6.45, 7) is 0.678. The lowest BCUT2D eigenvalue weighted by molar-refractivity contribution is -0.142. The predicted octanol–water partition coefficient (Wildman–Crippen LogP) is 2.25. The van der Waals surface area contributed by atoms with E-state index in [1.165, 1.54) is 7.11 Å². The Morgan fingerprint density at radius 1 is 1.29 bits per heavy atom. The van der Waals surface area contributed by atoms with Crippen molar-refractivity contribution in [3.8, 4) is 5.75 Å². The van der Waals surface area contributed by atoms with Crippen LogP contribution in [-0.4, -0.2) is 43.6 Å². The molecule has 5 nitrogen and oxygen atoms in total. The molecule has 1 heterocycles. The van der Waals surface area contributed by atoms with E-state index < -0.39 is 0 Å². The number of carbonyl (C=O) groups is 2. The molecule has 1 amide bonds. The minimum atomic E-state index is -0.273. The van der Waals surface area contributed by atoms with E-state index in [9.17, 15) is 9.59 Å². The summed E-state index contributed by atoms with van der Waals surface area (Å²) in [7, 11) is 2.95. The van der Waals surface area contributed by atoms with Crippen molar-refractivity contribution in [1.29, 1.82) is 0 Å². The number of rotatable bonds is 4. The molecule has 1 aromatic rings. The molecule has 5 heteroatoms. The van der Waals surface area contributed by atoms with E-state index in [2.05, 4.69) is 0 Å². The Kier molecular flexibility index (Phi) is 5.20. The van der Waals surface area contributed by atoms with Crippen LogP contribution in [0.25, 0.3) is 0 Å². The Balaban J connectivity index is 2.15. The van der Waals surface area contributed by atoms with E-state index in [1.807, 2.05) is 0 Å². The number of piperidine rings is 1. The van der Waals surface area contributed by atoms with Crippen LogP contribution < -0.4 is 4.74 Å². The lowest BCUT2D eigenvalue weighted by Crippen LogP contribution is -2.44. The van der Waals surface area contributed by atoms with Crippen LogP contribution in [0.4, 0.5) is 0 Å². The summed E-state index contributed by atoms with van der Waals surface area (Å²) in [5, 5.41) is 0. The molecule has 0 spiro atoms. The van der Waals surface area contributed by atoms with Gasteiger partial charge < -0.3 is 14.4 Å². The maximum atomic E-state index is 12.7. The van der Waals surface area contributed by atoms with Crippen molar-refractivity contribution in [2.45, 2.75) is 31.7 Å². The first-order valence-corrected chi connectivity index (χ1v) is 7.17. The maximum Gasteiger partial charge on any atom is 0.307 e. The molecule has 1 aliphatic rings. The van der Waals surface area contributed by atoms with Gasteiger partial charge in [0, 0.05) is 18.2 Å². The topological polar surface area (TPSA) is 55.8 Å². The van der Waals surface area contributed by atoms with Crippen molar-refractivity contribution in [2.75, 3.05) is 20.8 Å². The number of esters is 1. The summed E-state index contributed by atoms with van der Waals surface area (Å²) in [5.74, 6) is 0.329. The van der Waals surface area contributed by atoms with Crippen LogP contribution in [0.1, 0.15) is 36.0 Å². The highest BCUT2D eigenvalue weighted by molar-refractivity contribution is 5.95. The second-order valence-corrected chi connectivity index (χ2v) is 5.16. The number of amides is 1. The summed E-state index contributed by atoms with van der Waals surface area (Å²) in [6.07, 6.45) is 3.09. The van der Waals surface area contributed by atoms with Gasteiger partial charge in [-0.1, -0.05) is 6.07 Å². The molecular formula is C16H21NO4. The molecule has 0 radical (unpaired) electrons. The van der Waals surface area contributed by atoms with Crippen molar-refractivity contribution in [2.24, 2.45) is 0 Å². The van der Waals surface area contributed by atoms with Gasteiger partial charge in [0.15, 0.2) is 0 Å². The summed E-state index contributed by atoms with van der Waals surface area (Å²) in [6, 6.07) is 7.02. The molecule has 1 fully saturated rings. The average molecular weight is 291 g/mol. The normalized spacial score (nSPS) is 18.2. The van der Waals surface area contributed by atoms with Gasteiger partial charge in [0.25, 0.3) is 5.91 Å². The van der Waals surface area contributed by atoms with Gasteiger partial charge in [0.1, 0.15) is 5.75 Å². The van der Waals surface area contributed by atoms with Gasteiger partial charge in [0.2, 0.25) is 0 Å². The quantitative estimate of drug-likeness (QED) is 0.798. The van der Waals surface area contributed by atoms with E-state index in [0.717, 1.165) is 19.3 Å². The van der Waals surface area contributed by atoms with Crippen LogP contribution in [0.3, 0.4) is 0 Å². The van der Waals surface area contributed by atoms with Gasteiger partial charge in [-0.05, 0) is 37.5 Å². The molecule has 0 bridgehead atoms. The molecular weight excluding hydrogens is 270 g/mol. The highest BCUT2D eigenvalue weighted by atomic mass is 16.5. The fraction of sp³-hybridized carbons (Fsp3) is 0.500. The number of nitrogens with zero attached hydrogens (tertiary/aromatic N) is 1. The monoisotopic (exact) mass is 291 g/mol. The fourth-order valence-corrected chi connectivity index (χ4v) is 2.68. The van der Waals surface area contributed by atoms with Crippen LogP contribution in [0.5, 0.6) is 5.75 Å². The predicted molar refractivity (Wildman–Crippen MR) is 78.3 cm³/mol. The minimum absolute atomic E-state index is 0.0532. The van der Waals surface area contributed by atoms with Crippen molar-refractivity contribution in [1.82, 2.24) is 4.90 Å². The Labute approximate surface area is 124 Å². The van der Waals surface area contributed by atoms with Crippen LogP contribution in [0.2, 0.25) is 0 Å². The molecule has 1 aliphatic heterocycles. The second-order valence-electron chi connectivity index (χ2n) is 5.16. The number of benzene rings is 1. The highest BCUT2D eigenvalue weighted by Gasteiger charge is 2.29. The van der Waals surface area contributed by atoms with Crippen molar-refractivity contribution in [3.05, 3.63) is 29.8 Å². The van der Waals surface area contributed by atoms with E-state index in [4.69, 9.17) is 9.47 Å². The fourth-order valence-electron chi connectivity index (χ4n) is 2.68. The van der Waals surface area contributed by atoms with Crippen molar-refractivity contribution in [3.63, 3.8) is 0 Å². The molecule has 114 valence electrons. The third-order valence-electron chi connectivity index (χ3n) is 3.83. The molecule has 21 heavy (non-hydrogen) atoms. The average Bonchev–Trinajstić information content (AvgIpc) is 2.54. The molecule has 0 aliphatic carbocycles. The zero-order valence-corrected chi connectivity index (χ0v) is 12.5. The zero-order valence-electron chi connectivity index (χ0n) is 12.5. The summed E-state index contributed by atoms with van der Waals surface area (Å²) in [5.41, 5.74) is 0.589. The highest BCUT2D eigenvalue weighted by Crippen LogP contribution is 2.23. The number of ether oxygens (including phenoxy) is 2. The smallest absolute Gasteiger partial charge is 0.307 e. The van der Waals surface area contributed by atoms with Gasteiger partial charge in [-0.15, -0.1) is 0 Å². The number of hydrogen-bond acceptors (Lipinski definition) is 4. The van der Waals surface area contributed by atoms with Crippen LogP contribution >= 0.6 is 0 Å². The molecule has 1 atom stereocenters. The molecule has 1 aromatic carbocycles. The third kappa shape index (κ3) is 3.74. The second kappa shape index (κ2) is 7.11. The lowest BCUT2D eigenvalue weighted by Gasteiger charge is -2.35. The van der Waals surface area contributed by atoms with Gasteiger partial charge in [-0.3, -0.25) is 9.59 Å². The van der Waals surface area contributed by atoms with Gasteiger partial charge in [-0.25, -0.2) is 0 Å². The number of likely N-dealkylation sites (tertiary alicyclic amines) is 1. The number of hydrogen-bond donors (Lipinski definition) is 0. The largest absolute Gasteiger partial charge is 0.497 e. The number of carbonyl (C=O) groups excluding carboxylic acids is 2. The van der Waals surface area contributed by atoms with Gasteiger partial charge >= 0.3 is 5.97 Å². The molecule has 1 unspecified atom stereocenters. The zero-order chi connectivity index (χ0) is 15.2. The van der Waals surface area contributed by atoms with E-state index in [0.29, 0.717) is 17.9 Å². The summed E-state index contributed by atoms with van der Waals surface area (Å²) < 4.78 is 9.88. The lowest BCUT2D eigenvalue weighted by atomic mass is 9.98. The Morgan fingerprint density at radius 3 is 2.81 bits per heavy atom. The minimum Gasteiger partial charge on any atom is -0.497 e. The van der Waals surface area contributed by atoms with Crippen LogP contribution in [-0.2, 0) is 9.53 Å². The van der Waals surface area contributed by atoms with E-state index in [1.54, 1.807) is 36.3 Å². The van der Waals surface area contributed by atoms with Crippen molar-refractivity contribution < 1.29 is 19.1 Å². The summed E-state index contributed by atoms with van der Waals surface area (Å²) >= 11 is 0. The Morgan fingerprint density at radius 2 is 2.10 bits per heavy atom. The third-order valence-corrected chi connectivity index (χ3v) is 3.83. The standard InChI is InChI=1S/C16H21NO4/c1-20-14-8-5-6-12(10-14)16(19)17-9-4-3-7-13(17)11-15(18)21-2/h5-6,8,10,13H,3-4,7,9,11H2,1-2H3. The van der Waals surface area contributed by atoms with Crippen LogP contribution in [0, 0.1) is 0 Å². The SMILES string of the molecule is COC(=O)CC1CCCCN1C(=O)c1cccc(OC)c1. The molecule has 0 N–H and O–H groups in total. The first-order valence-electron chi connectivity index (χ1n) is 7.17. The van der Waals surface area contributed by atoms with Crippen LogP contribution in [0.15, 0.2) is 24.3 Å². The molecule has 0 aromatic heterocycles. The van der Waals surface area contributed by atoms with Gasteiger partial charge in [0.05, 0.1) is 20.6 Å². The maximum absolute atomic E-state index is 12.7. The molecule has 0 saturated carbocycles. The van der Waals surface area contributed by atoms with Gasteiger partial charge in [-0.2, -0.15) is 0 Å². The molecule has 1 saturated heterocycles. The number of methoxy groups -OCH3 is 2.